The number of nitrogens with zero attached hydrogens (tertiary/aromatic N) is 1. The molecule has 3 fully saturated rings. The summed E-state index contributed by atoms with van der Waals surface area (Å²) in [5, 5.41) is 0. The lowest BCUT2D eigenvalue weighted by molar-refractivity contribution is -0.942. The maximum absolute atomic E-state index is 12.4. The fraction of sp³-hybridized carbons (Fsp3) is 1.00. The van der Waals surface area contributed by atoms with Crippen LogP contribution < -0.4 is 0 Å². The number of piperidine rings is 3. The summed E-state index contributed by atoms with van der Waals surface area (Å²) in [6, 6.07) is 0. The van der Waals surface area contributed by atoms with Crippen molar-refractivity contribution in [2.75, 3.05) is 52.6 Å². The van der Waals surface area contributed by atoms with E-state index < -0.39 is 7.82 Å². The summed E-state index contributed by atoms with van der Waals surface area (Å²) >= 11 is 0. The summed E-state index contributed by atoms with van der Waals surface area (Å²) in [5.74, 6) is 1.15. The van der Waals surface area contributed by atoms with E-state index in [1.54, 1.807) is 0 Å². The number of hydrogen-bond acceptors (Lipinski definition) is 4. The molecule has 0 aromatic heterocycles. The van der Waals surface area contributed by atoms with E-state index >= 15 is 0 Å². The first-order valence-electron chi connectivity index (χ1n) is 18.5. The third-order valence-corrected chi connectivity index (χ3v) is 11.0. The first kappa shape index (κ1) is 38.2. The Labute approximate surface area is 261 Å². The molecular formula is C35H71NO5P+. The van der Waals surface area contributed by atoms with Crippen molar-refractivity contribution in [3.8, 4) is 0 Å². The minimum atomic E-state index is -3.99. The average Bonchev–Trinajstić information content (AvgIpc) is 3.00. The molecule has 6 nitrogen and oxygen atoms in total. The minimum Gasteiger partial charge on any atom is -0.381 e. The average molecular weight is 617 g/mol. The summed E-state index contributed by atoms with van der Waals surface area (Å²) in [6.07, 6.45) is 29.6. The van der Waals surface area contributed by atoms with E-state index in [9.17, 15) is 9.46 Å². The van der Waals surface area contributed by atoms with Gasteiger partial charge in [-0.05, 0) is 57.3 Å². The Morgan fingerprint density at radius 1 is 0.643 bits per heavy atom. The fourth-order valence-corrected chi connectivity index (χ4v) is 7.90. The Balaban J connectivity index is 1.38. The molecule has 0 aliphatic carbocycles. The second kappa shape index (κ2) is 24.3. The van der Waals surface area contributed by atoms with Crippen molar-refractivity contribution in [2.24, 2.45) is 11.8 Å². The Kier molecular flexibility index (Phi) is 22.1. The first-order chi connectivity index (χ1) is 20.5. The highest BCUT2D eigenvalue weighted by molar-refractivity contribution is 7.47. The monoisotopic (exact) mass is 617 g/mol. The SMILES string of the molecule is CCCCCCCCCCCCCCCCOCC(CCC)COP(=O)(O)OCCCCCC[N+]12CCC(CC1)CC2. The normalized spacial score (nSPS) is 22.4. The molecule has 250 valence electrons. The zero-order valence-corrected chi connectivity index (χ0v) is 28.9. The van der Waals surface area contributed by atoms with E-state index in [1.165, 1.54) is 146 Å². The highest BCUT2D eigenvalue weighted by Gasteiger charge is 2.38. The van der Waals surface area contributed by atoms with E-state index in [1.807, 2.05) is 0 Å². The number of phosphoric ester groups is 1. The summed E-state index contributed by atoms with van der Waals surface area (Å²) in [4.78, 5) is 10.2. The molecule has 3 aliphatic heterocycles. The lowest BCUT2D eigenvalue weighted by Crippen LogP contribution is -2.58. The molecule has 3 rings (SSSR count). The molecule has 3 aliphatic rings. The van der Waals surface area contributed by atoms with Crippen LogP contribution in [0.5, 0.6) is 0 Å². The van der Waals surface area contributed by atoms with Gasteiger partial charge in [-0.1, -0.05) is 110 Å². The van der Waals surface area contributed by atoms with Crippen molar-refractivity contribution in [3.63, 3.8) is 0 Å². The van der Waals surface area contributed by atoms with Gasteiger partial charge >= 0.3 is 7.82 Å². The predicted octanol–water partition coefficient (Wildman–Crippen LogP) is 10.2. The fourth-order valence-electron chi connectivity index (χ4n) is 7.06. The highest BCUT2D eigenvalue weighted by Crippen LogP contribution is 2.44. The van der Waals surface area contributed by atoms with Gasteiger partial charge in [-0.15, -0.1) is 0 Å². The number of unbranched alkanes of at least 4 members (excludes halogenated alkanes) is 16. The van der Waals surface area contributed by atoms with Crippen LogP contribution in [0.3, 0.4) is 0 Å². The molecular weight excluding hydrogens is 545 g/mol. The third-order valence-electron chi connectivity index (χ3n) is 9.98. The Bertz CT molecular complexity index is 656. The van der Waals surface area contributed by atoms with Crippen LogP contribution in [0.25, 0.3) is 0 Å². The van der Waals surface area contributed by atoms with Crippen LogP contribution in [-0.2, 0) is 18.3 Å². The molecule has 0 aromatic rings. The Morgan fingerprint density at radius 3 is 1.69 bits per heavy atom. The molecule has 42 heavy (non-hydrogen) atoms. The largest absolute Gasteiger partial charge is 0.472 e. The van der Waals surface area contributed by atoms with Crippen molar-refractivity contribution in [1.29, 1.82) is 0 Å². The van der Waals surface area contributed by atoms with Crippen molar-refractivity contribution in [3.05, 3.63) is 0 Å². The van der Waals surface area contributed by atoms with E-state index in [0.29, 0.717) is 13.2 Å². The van der Waals surface area contributed by atoms with Crippen LogP contribution in [0, 0.1) is 11.8 Å². The molecule has 3 heterocycles. The lowest BCUT2D eigenvalue weighted by atomic mass is 9.85. The third kappa shape index (κ3) is 18.7. The summed E-state index contributed by atoms with van der Waals surface area (Å²) in [7, 11) is -3.99. The first-order valence-corrected chi connectivity index (χ1v) is 20.0. The molecule has 0 saturated carbocycles. The highest BCUT2D eigenvalue weighted by atomic mass is 31.2. The number of ether oxygens (including phenoxy) is 1. The molecule has 2 unspecified atom stereocenters. The number of fused-ring (bicyclic) bond motifs is 3. The molecule has 1 N–H and O–H groups in total. The Morgan fingerprint density at radius 2 is 1.14 bits per heavy atom. The van der Waals surface area contributed by atoms with Crippen LogP contribution in [0.15, 0.2) is 0 Å². The van der Waals surface area contributed by atoms with Crippen LogP contribution in [0.1, 0.15) is 162 Å². The van der Waals surface area contributed by atoms with Crippen molar-refractivity contribution < 1.29 is 27.7 Å². The molecule has 0 spiro atoms. The van der Waals surface area contributed by atoms with E-state index in [-0.39, 0.29) is 12.5 Å². The van der Waals surface area contributed by atoms with Gasteiger partial charge in [0.1, 0.15) is 0 Å². The topological polar surface area (TPSA) is 65.0 Å². The predicted molar refractivity (Wildman–Crippen MR) is 177 cm³/mol. The lowest BCUT2D eigenvalue weighted by Gasteiger charge is -2.49. The summed E-state index contributed by atoms with van der Waals surface area (Å²) in [5.41, 5.74) is 0. The van der Waals surface area contributed by atoms with Gasteiger partial charge < -0.3 is 14.1 Å². The second-order valence-corrected chi connectivity index (χ2v) is 15.3. The molecule has 0 aromatic carbocycles. The molecule has 2 atom stereocenters. The van der Waals surface area contributed by atoms with Gasteiger partial charge in [0.15, 0.2) is 0 Å². The number of quaternary nitrogens is 1. The van der Waals surface area contributed by atoms with Gasteiger partial charge in [0.2, 0.25) is 0 Å². The van der Waals surface area contributed by atoms with Gasteiger partial charge in [0.25, 0.3) is 0 Å². The van der Waals surface area contributed by atoms with Gasteiger partial charge in [-0.3, -0.25) is 9.05 Å². The summed E-state index contributed by atoms with van der Waals surface area (Å²) in [6.45, 7) is 11.8. The summed E-state index contributed by atoms with van der Waals surface area (Å²) < 4.78 is 30.3. The number of rotatable bonds is 30. The number of hydrogen-bond donors (Lipinski definition) is 1. The smallest absolute Gasteiger partial charge is 0.381 e. The van der Waals surface area contributed by atoms with Gasteiger partial charge in [0.05, 0.1) is 46.0 Å². The van der Waals surface area contributed by atoms with Crippen molar-refractivity contribution in [1.82, 2.24) is 0 Å². The minimum absolute atomic E-state index is 0.137. The van der Waals surface area contributed by atoms with Crippen molar-refractivity contribution in [2.45, 2.75) is 162 Å². The zero-order valence-electron chi connectivity index (χ0n) is 28.0. The van der Waals surface area contributed by atoms with Crippen LogP contribution in [-0.4, -0.2) is 62.0 Å². The molecule has 0 radical (unpaired) electrons. The zero-order chi connectivity index (χ0) is 30.2. The molecule has 7 heteroatoms. The molecule has 2 bridgehead atoms. The maximum Gasteiger partial charge on any atom is 0.472 e. The van der Waals surface area contributed by atoms with Crippen molar-refractivity contribution >= 4 is 7.82 Å². The van der Waals surface area contributed by atoms with Gasteiger partial charge in [-0.2, -0.15) is 0 Å². The Hall–Kier alpha value is 0.0300. The van der Waals surface area contributed by atoms with E-state index in [4.69, 9.17) is 13.8 Å². The molecule has 0 amide bonds. The number of phosphoric acid groups is 1. The maximum atomic E-state index is 12.4. The second-order valence-electron chi connectivity index (χ2n) is 13.8. The van der Waals surface area contributed by atoms with Crippen LogP contribution in [0.4, 0.5) is 0 Å². The van der Waals surface area contributed by atoms with Gasteiger partial charge in [0, 0.05) is 12.5 Å². The van der Waals surface area contributed by atoms with Crippen LogP contribution >= 0.6 is 7.82 Å². The van der Waals surface area contributed by atoms with E-state index in [2.05, 4.69) is 13.8 Å². The van der Waals surface area contributed by atoms with Gasteiger partial charge in [-0.25, -0.2) is 4.57 Å². The van der Waals surface area contributed by atoms with Crippen LogP contribution in [0.2, 0.25) is 0 Å². The van der Waals surface area contributed by atoms with E-state index in [0.717, 1.165) is 44.6 Å². The molecule has 3 saturated heterocycles. The standard InChI is InChI=1S/C35H70NO5P/c1-3-5-6-7-8-9-10-11-12-13-14-15-17-20-30-39-32-35(22-4-2)33-41-42(37,38)40-31-21-18-16-19-26-36-27-23-34(24-28-36)25-29-36/h34-35H,3-33H2,1-2H3/p+1. The quantitative estimate of drug-likeness (QED) is 0.0494.